The van der Waals surface area contributed by atoms with Gasteiger partial charge in [-0.3, -0.25) is 0 Å². The summed E-state index contributed by atoms with van der Waals surface area (Å²) in [4.78, 5) is 1.44. The number of nitrogens with one attached hydrogen (secondary N) is 1. The second-order valence-corrected chi connectivity index (χ2v) is 8.55. The number of hydrogen-bond donors (Lipinski definition) is 1. The zero-order chi connectivity index (χ0) is 15.2. The van der Waals surface area contributed by atoms with E-state index in [1.807, 2.05) is 0 Å². The molecule has 1 aromatic rings. The first-order chi connectivity index (χ1) is 10.0. The first-order valence-electron chi connectivity index (χ1n) is 8.51. The molecule has 1 aliphatic rings. The van der Waals surface area contributed by atoms with E-state index in [0.717, 1.165) is 36.1 Å². The molecule has 1 nitrogen and oxygen atoms in total. The molecule has 2 heteroatoms. The van der Waals surface area contributed by atoms with Crippen LogP contribution >= 0.6 is 11.8 Å². The summed E-state index contributed by atoms with van der Waals surface area (Å²) in [5, 5.41) is 4.33. The van der Waals surface area contributed by atoms with Gasteiger partial charge in [0.15, 0.2) is 0 Å². The van der Waals surface area contributed by atoms with Gasteiger partial charge in [-0.05, 0) is 61.3 Å². The van der Waals surface area contributed by atoms with Crippen LogP contribution in [0, 0.1) is 17.8 Å². The highest BCUT2D eigenvalue weighted by Gasteiger charge is 2.24. The third-order valence-electron chi connectivity index (χ3n) is 4.66. The maximum absolute atomic E-state index is 3.51. The van der Waals surface area contributed by atoms with Crippen LogP contribution in [0.25, 0.3) is 0 Å². The molecule has 0 saturated heterocycles. The fourth-order valence-corrected chi connectivity index (χ4v) is 4.32. The minimum absolute atomic E-state index is 0.718. The molecule has 0 heterocycles. The molecule has 118 valence electrons. The van der Waals surface area contributed by atoms with Crippen molar-refractivity contribution in [3.8, 4) is 0 Å². The average molecular weight is 306 g/mol. The van der Waals surface area contributed by atoms with Gasteiger partial charge in [0.1, 0.15) is 0 Å². The third-order valence-corrected chi connectivity index (χ3v) is 5.96. The Balaban J connectivity index is 1.79. The van der Waals surface area contributed by atoms with Crippen LogP contribution in [0.4, 0.5) is 0 Å². The van der Waals surface area contributed by atoms with E-state index in [1.165, 1.54) is 29.7 Å². The molecule has 21 heavy (non-hydrogen) atoms. The molecule has 3 atom stereocenters. The average Bonchev–Trinajstić information content (AvgIpc) is 2.44. The molecule has 1 aromatic carbocycles. The summed E-state index contributed by atoms with van der Waals surface area (Å²) in [5.41, 5.74) is 1.39. The number of hydrogen-bond acceptors (Lipinski definition) is 2. The molecule has 0 radical (unpaired) electrons. The normalized spacial score (nSPS) is 26.2. The number of rotatable bonds is 6. The van der Waals surface area contributed by atoms with Gasteiger partial charge in [-0.1, -0.05) is 39.8 Å². The molecule has 1 fully saturated rings. The lowest BCUT2D eigenvalue weighted by molar-refractivity contribution is 0.283. The highest BCUT2D eigenvalue weighted by Crippen LogP contribution is 2.38. The highest BCUT2D eigenvalue weighted by atomic mass is 32.2. The predicted molar refractivity (Wildman–Crippen MR) is 94.8 cm³/mol. The zero-order valence-corrected chi connectivity index (χ0v) is 14.9. The van der Waals surface area contributed by atoms with Crippen molar-refractivity contribution in [1.82, 2.24) is 5.32 Å². The Hall–Kier alpha value is -0.470. The first-order valence-corrected chi connectivity index (χ1v) is 9.39. The Kier molecular flexibility index (Phi) is 6.63. The Labute approximate surface area is 135 Å². The largest absolute Gasteiger partial charge is 0.312 e. The van der Waals surface area contributed by atoms with Gasteiger partial charge in [-0.15, -0.1) is 11.8 Å². The maximum atomic E-state index is 3.51. The van der Waals surface area contributed by atoms with Crippen molar-refractivity contribution in [3.63, 3.8) is 0 Å². The van der Waals surface area contributed by atoms with E-state index in [2.05, 4.69) is 69.0 Å². The van der Waals surface area contributed by atoms with Crippen LogP contribution < -0.4 is 5.32 Å². The molecule has 0 aromatic heterocycles. The van der Waals surface area contributed by atoms with Crippen molar-refractivity contribution in [2.24, 2.45) is 17.8 Å². The van der Waals surface area contributed by atoms with Crippen LogP contribution in [0.15, 0.2) is 29.2 Å². The molecule has 0 amide bonds. The maximum Gasteiger partial charge on any atom is 0.0205 e. The molecular weight excluding hydrogens is 274 g/mol. The standard InChI is InChI=1S/C19H31NS/c1-14(2)12-20-13-17-6-9-18(10-7-17)21-19-8-5-15(3)16(4)11-19/h6-7,9-10,14-16,19-20H,5,8,11-13H2,1-4H3. The number of benzene rings is 1. The lowest BCUT2D eigenvalue weighted by Gasteiger charge is -2.31. The Bertz CT molecular complexity index is 412. The van der Waals surface area contributed by atoms with Crippen LogP contribution in [0.5, 0.6) is 0 Å². The van der Waals surface area contributed by atoms with E-state index in [0.29, 0.717) is 0 Å². The summed E-state index contributed by atoms with van der Waals surface area (Å²) in [5.74, 6) is 2.52. The molecule has 2 rings (SSSR count). The Morgan fingerprint density at radius 2 is 1.81 bits per heavy atom. The second kappa shape index (κ2) is 8.24. The first kappa shape index (κ1) is 16.9. The van der Waals surface area contributed by atoms with E-state index in [4.69, 9.17) is 0 Å². The molecular formula is C19H31NS. The van der Waals surface area contributed by atoms with Crippen molar-refractivity contribution in [2.45, 2.75) is 63.6 Å². The minimum atomic E-state index is 0.718. The second-order valence-electron chi connectivity index (χ2n) is 7.18. The van der Waals surface area contributed by atoms with Crippen LogP contribution in [0.1, 0.15) is 52.5 Å². The van der Waals surface area contributed by atoms with Crippen molar-refractivity contribution < 1.29 is 0 Å². The Morgan fingerprint density at radius 3 is 2.43 bits per heavy atom. The van der Waals surface area contributed by atoms with Gasteiger partial charge in [0.25, 0.3) is 0 Å². The fraction of sp³-hybridized carbons (Fsp3) is 0.684. The van der Waals surface area contributed by atoms with E-state index in [1.54, 1.807) is 0 Å². The van der Waals surface area contributed by atoms with Gasteiger partial charge in [0.05, 0.1) is 0 Å². The topological polar surface area (TPSA) is 12.0 Å². The number of thioether (sulfide) groups is 1. The van der Waals surface area contributed by atoms with E-state index < -0.39 is 0 Å². The quantitative estimate of drug-likeness (QED) is 0.760. The molecule has 1 aliphatic carbocycles. The summed E-state index contributed by atoms with van der Waals surface area (Å²) in [6, 6.07) is 9.18. The van der Waals surface area contributed by atoms with Gasteiger partial charge >= 0.3 is 0 Å². The third kappa shape index (κ3) is 5.67. The fourth-order valence-electron chi connectivity index (χ4n) is 2.99. The summed E-state index contributed by atoms with van der Waals surface area (Å²) in [6.45, 7) is 11.4. The van der Waals surface area contributed by atoms with Crippen LogP contribution in [-0.4, -0.2) is 11.8 Å². The van der Waals surface area contributed by atoms with E-state index >= 15 is 0 Å². The highest BCUT2D eigenvalue weighted by molar-refractivity contribution is 8.00. The van der Waals surface area contributed by atoms with Gasteiger partial charge < -0.3 is 5.32 Å². The predicted octanol–water partition coefficient (Wildman–Crippen LogP) is 5.35. The minimum Gasteiger partial charge on any atom is -0.312 e. The van der Waals surface area contributed by atoms with E-state index in [9.17, 15) is 0 Å². The summed E-state index contributed by atoms with van der Waals surface area (Å²) in [6.07, 6.45) is 4.16. The van der Waals surface area contributed by atoms with Gasteiger partial charge in [0.2, 0.25) is 0 Å². The molecule has 1 N–H and O–H groups in total. The summed E-state index contributed by atoms with van der Waals surface area (Å²) in [7, 11) is 0. The van der Waals surface area contributed by atoms with Crippen LogP contribution in [-0.2, 0) is 6.54 Å². The summed E-state index contributed by atoms with van der Waals surface area (Å²) >= 11 is 2.09. The van der Waals surface area contributed by atoms with Gasteiger partial charge in [-0.2, -0.15) is 0 Å². The van der Waals surface area contributed by atoms with E-state index in [-0.39, 0.29) is 0 Å². The van der Waals surface area contributed by atoms with Crippen molar-refractivity contribution >= 4 is 11.8 Å². The van der Waals surface area contributed by atoms with Crippen molar-refractivity contribution in [2.75, 3.05) is 6.54 Å². The smallest absolute Gasteiger partial charge is 0.0205 e. The molecule has 3 unspecified atom stereocenters. The molecule has 0 aliphatic heterocycles. The Morgan fingerprint density at radius 1 is 1.10 bits per heavy atom. The van der Waals surface area contributed by atoms with Crippen LogP contribution in [0.2, 0.25) is 0 Å². The lowest BCUT2D eigenvalue weighted by Crippen LogP contribution is -2.22. The van der Waals surface area contributed by atoms with Crippen molar-refractivity contribution in [3.05, 3.63) is 29.8 Å². The summed E-state index contributed by atoms with van der Waals surface area (Å²) < 4.78 is 0. The zero-order valence-electron chi connectivity index (χ0n) is 14.1. The van der Waals surface area contributed by atoms with Crippen molar-refractivity contribution in [1.29, 1.82) is 0 Å². The molecule has 1 saturated carbocycles. The lowest BCUT2D eigenvalue weighted by atomic mass is 9.81. The van der Waals surface area contributed by atoms with Gasteiger partial charge in [0, 0.05) is 16.7 Å². The van der Waals surface area contributed by atoms with Gasteiger partial charge in [-0.25, -0.2) is 0 Å². The SMILES string of the molecule is CC(C)CNCc1ccc(SC2CCC(C)C(C)C2)cc1. The van der Waals surface area contributed by atoms with Crippen LogP contribution in [0.3, 0.4) is 0 Å². The molecule has 0 spiro atoms. The monoisotopic (exact) mass is 305 g/mol. The molecule has 0 bridgehead atoms.